The molecule has 1 aromatic carbocycles. The number of hydrogen-bond donors (Lipinski definition) is 2. The average molecular weight is 754 g/mol. The van der Waals surface area contributed by atoms with Crippen LogP contribution in [-0.2, 0) is 20.9 Å². The lowest BCUT2D eigenvalue weighted by Gasteiger charge is -2.59. The summed E-state index contributed by atoms with van der Waals surface area (Å²) in [5.74, 6) is -0.182. The van der Waals surface area contributed by atoms with Crippen LogP contribution in [0.2, 0.25) is 0 Å². The van der Waals surface area contributed by atoms with E-state index in [1.807, 2.05) is 44.2 Å². The van der Waals surface area contributed by atoms with Crippen LogP contribution >= 0.6 is 11.6 Å². The van der Waals surface area contributed by atoms with Crippen molar-refractivity contribution in [1.82, 2.24) is 9.88 Å². The number of allylic oxidation sites excluding steroid dienone is 1. The van der Waals surface area contributed by atoms with Gasteiger partial charge in [0.2, 0.25) is 5.79 Å². The van der Waals surface area contributed by atoms with Crippen LogP contribution in [0.5, 0.6) is 11.5 Å². The first-order valence-corrected chi connectivity index (χ1v) is 19.5. The van der Waals surface area contributed by atoms with Crippen molar-refractivity contribution in [3.05, 3.63) is 77.7 Å². The van der Waals surface area contributed by atoms with Gasteiger partial charge in [-0.1, -0.05) is 43.1 Å². The Balaban J connectivity index is 1.72. The number of carbonyl (C=O) groups is 1. The minimum atomic E-state index is -1.35. The van der Waals surface area contributed by atoms with Crippen molar-refractivity contribution < 1.29 is 38.8 Å². The Hall–Kier alpha value is -3.64. The molecule has 290 valence electrons. The van der Waals surface area contributed by atoms with Crippen LogP contribution in [0.4, 0.5) is 4.79 Å². The molecule has 0 bridgehead atoms. The van der Waals surface area contributed by atoms with E-state index in [1.165, 1.54) is 7.11 Å². The van der Waals surface area contributed by atoms with Gasteiger partial charge >= 0.3 is 6.09 Å². The molecule has 2 aromatic rings. The first-order valence-electron chi connectivity index (χ1n) is 19.0. The van der Waals surface area contributed by atoms with E-state index in [2.05, 4.69) is 28.9 Å². The fraction of sp³-hybridized carbons (Fsp3) is 0.585. The normalized spacial score (nSPS) is 25.1. The number of hydrogen-bond acceptors (Lipinski definition) is 10. The lowest BCUT2D eigenvalue weighted by molar-refractivity contribution is -0.255. The highest BCUT2D eigenvalue weighted by Crippen LogP contribution is 2.62. The molecule has 2 N–H and O–H groups in total. The highest BCUT2D eigenvalue weighted by atomic mass is 35.5. The second kappa shape index (κ2) is 19.6. The molecule has 3 aliphatic rings. The molecular formula is C41H56ClN3O8. The molecule has 0 spiro atoms. The zero-order valence-electron chi connectivity index (χ0n) is 31.4. The number of oxime groups is 1. The number of aliphatic hydroxyl groups excluding tert-OH is 2. The standard InChI is InChI=1S/C41H56ClN3O8/c1-5-19-45(40(48)50-23-18-42)37-26-35(44-49-4)33-24-29(13-7-9-20-46)32(15-8-10-21-47)38-34-25-31(51-27-30-14-11-12-28(3)43-30)16-17-36(34)53-41(37,39(33)38)52-22-6-2/h6,11-12,14,16-17,24-25,29,32,37-39,46-47H,2,5,7-10,13,15,18-23,26-27H2,1,3-4H3. The summed E-state index contributed by atoms with van der Waals surface area (Å²) in [4.78, 5) is 25.7. The maximum Gasteiger partial charge on any atom is 0.410 e. The lowest BCUT2D eigenvalue weighted by atomic mass is 9.55. The molecule has 12 heteroatoms. The molecule has 0 saturated heterocycles. The van der Waals surface area contributed by atoms with E-state index in [1.54, 1.807) is 11.0 Å². The molecule has 1 saturated carbocycles. The molecule has 11 nitrogen and oxygen atoms in total. The fourth-order valence-corrected chi connectivity index (χ4v) is 8.59. The van der Waals surface area contributed by atoms with E-state index >= 15 is 0 Å². The van der Waals surface area contributed by atoms with Gasteiger partial charge in [-0.3, -0.25) is 9.88 Å². The number of pyridine rings is 1. The van der Waals surface area contributed by atoms with Crippen molar-refractivity contribution in [2.75, 3.05) is 46.0 Å². The number of nitrogens with zero attached hydrogens (tertiary/aromatic N) is 3. The summed E-state index contributed by atoms with van der Waals surface area (Å²) in [5, 5.41) is 24.2. The summed E-state index contributed by atoms with van der Waals surface area (Å²) >= 11 is 5.97. The predicted octanol–water partition coefficient (Wildman–Crippen LogP) is 7.32. The molecule has 2 heterocycles. The topological polar surface area (TPSA) is 132 Å². The third kappa shape index (κ3) is 9.19. The van der Waals surface area contributed by atoms with Gasteiger partial charge in [0, 0.05) is 43.4 Å². The van der Waals surface area contributed by atoms with Gasteiger partial charge in [-0.05, 0) is 86.8 Å². The number of alkyl halides is 1. The van der Waals surface area contributed by atoms with E-state index in [4.69, 9.17) is 35.4 Å². The van der Waals surface area contributed by atoms with E-state index < -0.39 is 23.8 Å². The molecular weight excluding hydrogens is 698 g/mol. The molecule has 6 atom stereocenters. The highest BCUT2D eigenvalue weighted by Gasteiger charge is 2.65. The first-order chi connectivity index (χ1) is 25.8. The maximum atomic E-state index is 13.9. The number of benzene rings is 1. The number of unbranched alkanes of at least 4 members (excludes halogenated alkanes) is 2. The SMILES string of the molecule is C=CCOC12Oc3ccc(OCc4cccc(C)n4)cc3C3C(CCCCO)C(CCCCO)C=C(C(=NOC)CC1N(CCC)C(=O)OCCCl)C32. The van der Waals surface area contributed by atoms with Gasteiger partial charge < -0.3 is 34.0 Å². The van der Waals surface area contributed by atoms with Gasteiger partial charge in [-0.25, -0.2) is 4.79 Å². The summed E-state index contributed by atoms with van der Waals surface area (Å²) in [5.41, 5.74) is 4.43. The van der Waals surface area contributed by atoms with Crippen LogP contribution in [-0.4, -0.2) is 89.7 Å². The largest absolute Gasteiger partial charge is 0.487 e. The Labute approximate surface area is 318 Å². The number of ether oxygens (including phenoxy) is 4. The van der Waals surface area contributed by atoms with E-state index in [9.17, 15) is 15.0 Å². The van der Waals surface area contributed by atoms with Gasteiger partial charge in [-0.2, -0.15) is 0 Å². The van der Waals surface area contributed by atoms with Crippen molar-refractivity contribution in [3.8, 4) is 11.5 Å². The third-order valence-electron chi connectivity index (χ3n) is 10.6. The number of carbonyl (C=O) groups excluding carboxylic acids is 1. The summed E-state index contributed by atoms with van der Waals surface area (Å²) in [7, 11) is 1.54. The molecule has 1 aliphatic heterocycles. The molecule has 6 unspecified atom stereocenters. The molecule has 1 fully saturated rings. The summed E-state index contributed by atoms with van der Waals surface area (Å²) in [6.45, 7) is 9.12. The van der Waals surface area contributed by atoms with Crippen LogP contribution in [0.25, 0.3) is 0 Å². The Bertz CT molecular complexity index is 1590. The van der Waals surface area contributed by atoms with Crippen molar-refractivity contribution in [2.24, 2.45) is 22.9 Å². The first kappa shape index (κ1) is 40.5. The Kier molecular flexibility index (Phi) is 15.0. The molecule has 2 aliphatic carbocycles. The molecule has 0 radical (unpaired) electrons. The monoisotopic (exact) mass is 753 g/mol. The maximum absolute atomic E-state index is 13.9. The second-order valence-corrected chi connectivity index (χ2v) is 14.4. The molecule has 1 amide bonds. The van der Waals surface area contributed by atoms with Crippen molar-refractivity contribution in [2.45, 2.75) is 89.6 Å². The number of rotatable bonds is 20. The highest BCUT2D eigenvalue weighted by molar-refractivity contribution is 6.18. The minimum absolute atomic E-state index is 0.0665. The second-order valence-electron chi connectivity index (χ2n) is 14.0. The number of halogens is 1. The average Bonchev–Trinajstić information content (AvgIpc) is 3.16. The lowest BCUT2D eigenvalue weighted by Crippen LogP contribution is -2.70. The minimum Gasteiger partial charge on any atom is -0.487 e. The molecule has 5 rings (SSSR count). The smallest absolute Gasteiger partial charge is 0.410 e. The van der Waals surface area contributed by atoms with E-state index in [-0.39, 0.29) is 50.1 Å². The summed E-state index contributed by atoms with van der Waals surface area (Å²) in [6.07, 6.45) is 9.23. The van der Waals surface area contributed by atoms with Gasteiger partial charge in [0.25, 0.3) is 0 Å². The van der Waals surface area contributed by atoms with Gasteiger partial charge in [0.1, 0.15) is 37.9 Å². The summed E-state index contributed by atoms with van der Waals surface area (Å²) < 4.78 is 26.2. The predicted molar refractivity (Wildman–Crippen MR) is 204 cm³/mol. The Morgan fingerprint density at radius 2 is 1.96 bits per heavy atom. The van der Waals surface area contributed by atoms with E-state index in [0.29, 0.717) is 50.3 Å². The number of fused-ring (bicyclic) bond motifs is 2. The third-order valence-corrected chi connectivity index (χ3v) is 10.7. The van der Waals surface area contributed by atoms with Crippen LogP contribution in [0, 0.1) is 24.7 Å². The summed E-state index contributed by atoms with van der Waals surface area (Å²) in [6, 6.07) is 11.2. The van der Waals surface area contributed by atoms with E-state index in [0.717, 1.165) is 53.9 Å². The van der Waals surface area contributed by atoms with Gasteiger partial charge in [0.15, 0.2) is 0 Å². The van der Waals surface area contributed by atoms with Gasteiger partial charge in [0.05, 0.1) is 29.8 Å². The van der Waals surface area contributed by atoms with Gasteiger partial charge in [-0.15, -0.1) is 18.2 Å². The van der Waals surface area contributed by atoms with Crippen molar-refractivity contribution in [3.63, 3.8) is 0 Å². The number of amides is 1. The fourth-order valence-electron chi connectivity index (χ4n) is 8.51. The number of aromatic nitrogens is 1. The zero-order valence-corrected chi connectivity index (χ0v) is 32.1. The number of aliphatic hydroxyl groups is 2. The van der Waals surface area contributed by atoms with Crippen LogP contribution in [0.1, 0.15) is 81.2 Å². The number of aryl methyl sites for hydroxylation is 1. The Morgan fingerprint density at radius 3 is 2.66 bits per heavy atom. The van der Waals surface area contributed by atoms with Crippen LogP contribution in [0.3, 0.4) is 0 Å². The quantitative estimate of drug-likeness (QED) is 0.0618. The van der Waals surface area contributed by atoms with Crippen molar-refractivity contribution >= 4 is 23.4 Å². The zero-order chi connectivity index (χ0) is 37.8. The van der Waals surface area contributed by atoms with Crippen molar-refractivity contribution in [1.29, 1.82) is 0 Å². The molecule has 1 aromatic heterocycles. The van der Waals surface area contributed by atoms with Crippen LogP contribution in [0.15, 0.2) is 65.9 Å². The Morgan fingerprint density at radius 1 is 1.17 bits per heavy atom. The van der Waals surface area contributed by atoms with Crippen LogP contribution < -0.4 is 9.47 Å². The molecule has 53 heavy (non-hydrogen) atoms.